The Morgan fingerprint density at radius 3 is 2.53 bits per heavy atom. The van der Waals surface area contributed by atoms with Crippen LogP contribution < -0.4 is 5.73 Å². The third-order valence-electron chi connectivity index (χ3n) is 4.17. The van der Waals surface area contributed by atoms with Crippen molar-refractivity contribution in [3.05, 3.63) is 35.9 Å². The summed E-state index contributed by atoms with van der Waals surface area (Å²) in [6.07, 6.45) is 3.93. The van der Waals surface area contributed by atoms with Crippen LogP contribution in [0.3, 0.4) is 0 Å². The topological polar surface area (TPSA) is 46.3 Å². The standard InChI is InChI=1S/C16H24N2O/c1-2-13-8-10-18(11-9-13)16(19)12-15(17)14-6-4-3-5-7-14/h3-7,13,15H,2,8-12,17H2,1H3. The molecule has 1 fully saturated rings. The van der Waals surface area contributed by atoms with Crippen LogP contribution in [-0.2, 0) is 4.79 Å². The maximum atomic E-state index is 12.2. The van der Waals surface area contributed by atoms with Crippen molar-refractivity contribution in [1.29, 1.82) is 0 Å². The van der Waals surface area contributed by atoms with E-state index in [1.54, 1.807) is 0 Å². The van der Waals surface area contributed by atoms with Crippen molar-refractivity contribution < 1.29 is 4.79 Å². The summed E-state index contributed by atoms with van der Waals surface area (Å²) in [4.78, 5) is 14.2. The van der Waals surface area contributed by atoms with E-state index in [4.69, 9.17) is 5.73 Å². The van der Waals surface area contributed by atoms with E-state index in [1.807, 2.05) is 35.2 Å². The van der Waals surface area contributed by atoms with E-state index in [1.165, 1.54) is 6.42 Å². The Balaban J connectivity index is 1.84. The second-order valence-electron chi connectivity index (χ2n) is 5.45. The molecule has 0 bridgehead atoms. The van der Waals surface area contributed by atoms with Crippen LogP contribution in [0, 0.1) is 5.92 Å². The van der Waals surface area contributed by atoms with Crippen LogP contribution in [0.1, 0.15) is 44.2 Å². The van der Waals surface area contributed by atoms with E-state index in [0.29, 0.717) is 6.42 Å². The molecular formula is C16H24N2O. The fourth-order valence-electron chi connectivity index (χ4n) is 2.73. The molecule has 1 heterocycles. The van der Waals surface area contributed by atoms with Gasteiger partial charge in [-0.1, -0.05) is 43.7 Å². The molecule has 3 nitrogen and oxygen atoms in total. The molecule has 1 aromatic rings. The van der Waals surface area contributed by atoms with Crippen molar-refractivity contribution in [2.75, 3.05) is 13.1 Å². The number of hydrogen-bond acceptors (Lipinski definition) is 2. The highest BCUT2D eigenvalue weighted by molar-refractivity contribution is 5.77. The van der Waals surface area contributed by atoms with E-state index >= 15 is 0 Å². The molecule has 1 atom stereocenters. The number of nitrogens with zero attached hydrogens (tertiary/aromatic N) is 1. The van der Waals surface area contributed by atoms with Gasteiger partial charge in [-0.15, -0.1) is 0 Å². The number of rotatable bonds is 4. The maximum Gasteiger partial charge on any atom is 0.224 e. The Morgan fingerprint density at radius 1 is 1.32 bits per heavy atom. The van der Waals surface area contributed by atoms with Crippen molar-refractivity contribution in [3.8, 4) is 0 Å². The molecule has 1 aliphatic heterocycles. The van der Waals surface area contributed by atoms with E-state index in [2.05, 4.69) is 6.92 Å². The van der Waals surface area contributed by atoms with Gasteiger partial charge >= 0.3 is 0 Å². The second-order valence-corrected chi connectivity index (χ2v) is 5.45. The Hall–Kier alpha value is -1.35. The highest BCUT2D eigenvalue weighted by Gasteiger charge is 2.23. The van der Waals surface area contributed by atoms with Gasteiger partial charge in [0.05, 0.1) is 0 Å². The van der Waals surface area contributed by atoms with Crippen LogP contribution in [0.2, 0.25) is 0 Å². The number of carbonyl (C=O) groups is 1. The van der Waals surface area contributed by atoms with Gasteiger partial charge in [0.2, 0.25) is 5.91 Å². The largest absolute Gasteiger partial charge is 0.343 e. The van der Waals surface area contributed by atoms with Crippen molar-refractivity contribution in [3.63, 3.8) is 0 Å². The number of amides is 1. The summed E-state index contributed by atoms with van der Waals surface area (Å²) < 4.78 is 0. The summed E-state index contributed by atoms with van der Waals surface area (Å²) in [6, 6.07) is 9.69. The first-order valence-corrected chi connectivity index (χ1v) is 7.29. The SMILES string of the molecule is CCC1CCN(C(=O)CC(N)c2ccccc2)CC1. The minimum absolute atomic E-state index is 0.183. The molecule has 0 radical (unpaired) electrons. The second kappa shape index (κ2) is 6.71. The van der Waals surface area contributed by atoms with E-state index < -0.39 is 0 Å². The number of hydrogen-bond donors (Lipinski definition) is 1. The average Bonchev–Trinajstić information content (AvgIpc) is 2.48. The number of nitrogens with two attached hydrogens (primary N) is 1. The van der Waals surface area contributed by atoms with Crippen LogP contribution in [-0.4, -0.2) is 23.9 Å². The Kier molecular flexibility index (Phi) is 4.97. The molecule has 1 aromatic carbocycles. The minimum Gasteiger partial charge on any atom is -0.343 e. The predicted octanol–water partition coefficient (Wildman–Crippen LogP) is 2.73. The molecule has 2 N–H and O–H groups in total. The highest BCUT2D eigenvalue weighted by atomic mass is 16.2. The van der Waals surface area contributed by atoms with E-state index in [0.717, 1.165) is 37.4 Å². The zero-order valence-corrected chi connectivity index (χ0v) is 11.7. The summed E-state index contributed by atoms with van der Waals surface area (Å²) in [5, 5.41) is 0. The fourth-order valence-corrected chi connectivity index (χ4v) is 2.73. The van der Waals surface area contributed by atoms with Gasteiger partial charge in [0.1, 0.15) is 0 Å². The molecule has 0 aromatic heterocycles. The summed E-state index contributed by atoms with van der Waals surface area (Å²) >= 11 is 0. The van der Waals surface area contributed by atoms with E-state index in [-0.39, 0.29) is 11.9 Å². The van der Waals surface area contributed by atoms with Gasteiger partial charge in [0.25, 0.3) is 0 Å². The summed E-state index contributed by atoms with van der Waals surface area (Å²) in [6.45, 7) is 4.03. The van der Waals surface area contributed by atoms with Crippen molar-refractivity contribution in [1.82, 2.24) is 4.90 Å². The van der Waals surface area contributed by atoms with Gasteiger partial charge in [-0.3, -0.25) is 4.79 Å². The Labute approximate surface area is 115 Å². The van der Waals surface area contributed by atoms with Crippen molar-refractivity contribution in [2.24, 2.45) is 11.7 Å². The van der Waals surface area contributed by atoms with E-state index in [9.17, 15) is 4.79 Å². The predicted molar refractivity (Wildman–Crippen MR) is 77.6 cm³/mol. The van der Waals surface area contributed by atoms with Gasteiger partial charge in [0.15, 0.2) is 0 Å². The lowest BCUT2D eigenvalue weighted by Crippen LogP contribution is -2.39. The first-order valence-electron chi connectivity index (χ1n) is 7.29. The van der Waals surface area contributed by atoms with Crippen molar-refractivity contribution >= 4 is 5.91 Å². The molecule has 0 spiro atoms. The van der Waals surface area contributed by atoms with Crippen LogP contribution in [0.4, 0.5) is 0 Å². The molecule has 1 amide bonds. The maximum absolute atomic E-state index is 12.2. The van der Waals surface area contributed by atoms with Crippen LogP contribution in [0.5, 0.6) is 0 Å². The third-order valence-corrected chi connectivity index (χ3v) is 4.17. The number of benzene rings is 1. The monoisotopic (exact) mass is 260 g/mol. The van der Waals surface area contributed by atoms with Gasteiger partial charge in [-0.2, -0.15) is 0 Å². The normalized spacial score (nSPS) is 18.3. The molecule has 3 heteroatoms. The number of likely N-dealkylation sites (tertiary alicyclic amines) is 1. The van der Waals surface area contributed by atoms with Crippen LogP contribution >= 0.6 is 0 Å². The first kappa shape index (κ1) is 14.1. The third kappa shape index (κ3) is 3.80. The molecule has 104 valence electrons. The summed E-state index contributed by atoms with van der Waals surface area (Å²) in [5.74, 6) is 0.998. The highest BCUT2D eigenvalue weighted by Crippen LogP contribution is 2.22. The van der Waals surface area contributed by atoms with Gasteiger partial charge < -0.3 is 10.6 Å². The lowest BCUT2D eigenvalue weighted by atomic mass is 9.94. The molecule has 1 saturated heterocycles. The smallest absolute Gasteiger partial charge is 0.224 e. The zero-order valence-electron chi connectivity index (χ0n) is 11.7. The average molecular weight is 260 g/mol. The van der Waals surface area contributed by atoms with Crippen LogP contribution in [0.15, 0.2) is 30.3 Å². The number of carbonyl (C=O) groups excluding carboxylic acids is 1. The lowest BCUT2D eigenvalue weighted by molar-refractivity contribution is -0.133. The summed E-state index contributed by atoms with van der Waals surface area (Å²) in [7, 11) is 0. The van der Waals surface area contributed by atoms with Crippen LogP contribution in [0.25, 0.3) is 0 Å². The van der Waals surface area contributed by atoms with Gasteiger partial charge in [0, 0.05) is 25.6 Å². The quantitative estimate of drug-likeness (QED) is 0.904. The number of piperidine rings is 1. The zero-order chi connectivity index (χ0) is 13.7. The Morgan fingerprint density at radius 2 is 1.95 bits per heavy atom. The van der Waals surface area contributed by atoms with Gasteiger partial charge in [-0.25, -0.2) is 0 Å². The Bertz CT molecular complexity index is 396. The molecule has 19 heavy (non-hydrogen) atoms. The summed E-state index contributed by atoms with van der Waals surface area (Å²) in [5.41, 5.74) is 7.15. The molecule has 0 saturated carbocycles. The minimum atomic E-state index is -0.183. The van der Waals surface area contributed by atoms with Gasteiger partial charge in [-0.05, 0) is 24.3 Å². The van der Waals surface area contributed by atoms with Crippen molar-refractivity contribution in [2.45, 2.75) is 38.6 Å². The molecule has 2 rings (SSSR count). The first-order chi connectivity index (χ1) is 9.20. The lowest BCUT2D eigenvalue weighted by Gasteiger charge is -2.32. The molecular weight excluding hydrogens is 236 g/mol. The fraction of sp³-hybridized carbons (Fsp3) is 0.562. The molecule has 0 aliphatic carbocycles. The molecule has 1 unspecified atom stereocenters. The molecule has 1 aliphatic rings.